The van der Waals surface area contributed by atoms with Crippen molar-refractivity contribution < 1.29 is 13.9 Å². The van der Waals surface area contributed by atoms with Gasteiger partial charge in [-0.15, -0.1) is 0 Å². The number of carbonyl (C=O) groups excluding carboxylic acids is 1. The quantitative estimate of drug-likeness (QED) is 0.729. The van der Waals surface area contributed by atoms with Gasteiger partial charge in [0.05, 0.1) is 10.7 Å². The van der Waals surface area contributed by atoms with Crippen molar-refractivity contribution >= 4 is 55.1 Å². The highest BCUT2D eigenvalue weighted by atomic mass is 79.9. The summed E-state index contributed by atoms with van der Waals surface area (Å²) in [5.74, 6) is -0.558. The first-order valence-corrected chi connectivity index (χ1v) is 7.75. The maximum Gasteiger partial charge on any atom is 0.262 e. The maximum absolute atomic E-state index is 12.9. The number of nitrogens with one attached hydrogen (secondary N) is 1. The molecule has 0 saturated carbocycles. The summed E-state index contributed by atoms with van der Waals surface area (Å²) in [6, 6.07) is 9.08. The van der Waals surface area contributed by atoms with E-state index in [1.807, 2.05) is 6.07 Å². The second-order valence-electron chi connectivity index (χ2n) is 4.04. The topological polar surface area (TPSA) is 38.3 Å². The van der Waals surface area contributed by atoms with E-state index in [9.17, 15) is 9.18 Å². The van der Waals surface area contributed by atoms with Crippen molar-refractivity contribution in [3.63, 3.8) is 0 Å². The summed E-state index contributed by atoms with van der Waals surface area (Å²) in [4.78, 5) is 11.8. The van der Waals surface area contributed by atoms with Crippen LogP contribution in [0.25, 0.3) is 0 Å². The summed E-state index contributed by atoms with van der Waals surface area (Å²) in [5.41, 5.74) is 0.622. The molecule has 3 nitrogen and oxygen atoms in total. The molecule has 0 atom stereocenters. The fourth-order valence-corrected chi connectivity index (χ4v) is 2.88. The van der Waals surface area contributed by atoms with E-state index < -0.39 is 5.82 Å². The van der Waals surface area contributed by atoms with Crippen molar-refractivity contribution in [3.8, 4) is 5.75 Å². The molecular formula is C14H9Br2ClFNO2. The molecule has 2 rings (SSSR count). The van der Waals surface area contributed by atoms with Gasteiger partial charge in [-0.05, 0) is 52.3 Å². The van der Waals surface area contributed by atoms with Gasteiger partial charge in [0.1, 0.15) is 11.6 Å². The molecular weight excluding hydrogens is 428 g/mol. The van der Waals surface area contributed by atoms with Gasteiger partial charge in [-0.3, -0.25) is 4.79 Å². The first kappa shape index (κ1) is 16.3. The SMILES string of the molecule is O=C(COc1ccc(F)cc1Cl)Nc1ccc(Br)cc1Br. The van der Waals surface area contributed by atoms with Gasteiger partial charge in [-0.25, -0.2) is 4.39 Å². The van der Waals surface area contributed by atoms with E-state index in [4.69, 9.17) is 16.3 Å². The van der Waals surface area contributed by atoms with Gasteiger partial charge in [0.25, 0.3) is 5.91 Å². The summed E-state index contributed by atoms with van der Waals surface area (Å²) in [6.45, 7) is -0.228. The normalized spacial score (nSPS) is 10.3. The smallest absolute Gasteiger partial charge is 0.262 e. The summed E-state index contributed by atoms with van der Waals surface area (Å²) in [5, 5.41) is 2.81. The fourth-order valence-electron chi connectivity index (χ4n) is 1.51. The van der Waals surface area contributed by atoms with E-state index >= 15 is 0 Å². The average Bonchev–Trinajstić information content (AvgIpc) is 2.41. The molecule has 21 heavy (non-hydrogen) atoms. The molecule has 2 aromatic rings. The van der Waals surface area contributed by atoms with Crippen LogP contribution < -0.4 is 10.1 Å². The van der Waals surface area contributed by atoms with Crippen molar-refractivity contribution in [1.29, 1.82) is 0 Å². The molecule has 0 aliphatic rings. The Bertz CT molecular complexity index is 682. The van der Waals surface area contributed by atoms with Crippen LogP contribution in [0.3, 0.4) is 0 Å². The molecule has 0 fully saturated rings. The number of hydrogen-bond acceptors (Lipinski definition) is 2. The average molecular weight is 437 g/mol. The number of amides is 1. The molecule has 1 amide bonds. The Morgan fingerprint density at radius 1 is 1.24 bits per heavy atom. The zero-order valence-electron chi connectivity index (χ0n) is 10.5. The van der Waals surface area contributed by atoms with E-state index in [1.54, 1.807) is 12.1 Å². The molecule has 0 radical (unpaired) electrons. The molecule has 0 aromatic heterocycles. The molecule has 0 bridgehead atoms. The number of ether oxygens (including phenoxy) is 1. The molecule has 0 saturated heterocycles. The van der Waals surface area contributed by atoms with E-state index in [2.05, 4.69) is 37.2 Å². The maximum atomic E-state index is 12.9. The number of hydrogen-bond donors (Lipinski definition) is 1. The molecule has 0 heterocycles. The minimum atomic E-state index is -0.462. The van der Waals surface area contributed by atoms with Gasteiger partial charge >= 0.3 is 0 Å². The Hall–Kier alpha value is -1.11. The lowest BCUT2D eigenvalue weighted by atomic mass is 10.3. The fraction of sp³-hybridized carbons (Fsp3) is 0.0714. The van der Waals surface area contributed by atoms with E-state index in [0.717, 1.165) is 15.0 Å². The van der Waals surface area contributed by atoms with Gasteiger partial charge in [0.2, 0.25) is 0 Å². The molecule has 0 aliphatic heterocycles. The molecule has 0 aliphatic carbocycles. The number of benzene rings is 2. The van der Waals surface area contributed by atoms with Crippen molar-refractivity contribution in [3.05, 3.63) is 56.2 Å². The Morgan fingerprint density at radius 3 is 2.67 bits per heavy atom. The van der Waals surface area contributed by atoms with Crippen LogP contribution in [0.4, 0.5) is 10.1 Å². The Morgan fingerprint density at radius 2 is 2.00 bits per heavy atom. The first-order valence-electron chi connectivity index (χ1n) is 5.78. The third-order valence-corrected chi connectivity index (χ3v) is 3.90. The molecule has 0 unspecified atom stereocenters. The number of carbonyl (C=O) groups is 1. The lowest BCUT2D eigenvalue weighted by Crippen LogP contribution is -2.20. The first-order chi connectivity index (χ1) is 9.95. The molecule has 7 heteroatoms. The summed E-state index contributed by atoms with van der Waals surface area (Å²) in [7, 11) is 0. The predicted octanol–water partition coefficient (Wildman–Crippen LogP) is 5.02. The summed E-state index contributed by atoms with van der Waals surface area (Å²) in [6.07, 6.45) is 0. The van der Waals surface area contributed by atoms with E-state index in [0.29, 0.717) is 5.69 Å². The van der Waals surface area contributed by atoms with Gasteiger partial charge in [-0.2, -0.15) is 0 Å². The number of halogens is 4. The molecule has 1 N–H and O–H groups in total. The minimum Gasteiger partial charge on any atom is -0.482 e. The highest BCUT2D eigenvalue weighted by Gasteiger charge is 2.09. The van der Waals surface area contributed by atoms with Crippen LogP contribution >= 0.6 is 43.5 Å². The molecule has 2 aromatic carbocycles. The summed E-state index contributed by atoms with van der Waals surface area (Å²) >= 11 is 12.5. The molecule has 0 spiro atoms. The van der Waals surface area contributed by atoms with Crippen LogP contribution in [-0.2, 0) is 4.79 Å². The van der Waals surface area contributed by atoms with Crippen LogP contribution in [0.2, 0.25) is 5.02 Å². The largest absolute Gasteiger partial charge is 0.482 e. The van der Waals surface area contributed by atoms with Crippen LogP contribution in [0.1, 0.15) is 0 Å². The minimum absolute atomic E-state index is 0.118. The van der Waals surface area contributed by atoms with Gasteiger partial charge in [0.15, 0.2) is 6.61 Å². The number of rotatable bonds is 4. The highest BCUT2D eigenvalue weighted by molar-refractivity contribution is 9.11. The zero-order valence-corrected chi connectivity index (χ0v) is 14.4. The monoisotopic (exact) mass is 435 g/mol. The highest BCUT2D eigenvalue weighted by Crippen LogP contribution is 2.27. The van der Waals surface area contributed by atoms with E-state index in [1.165, 1.54) is 12.1 Å². The van der Waals surface area contributed by atoms with Crippen LogP contribution in [0.5, 0.6) is 5.75 Å². The van der Waals surface area contributed by atoms with E-state index in [-0.39, 0.29) is 23.3 Å². The third-order valence-electron chi connectivity index (χ3n) is 2.46. The Labute approximate surface area is 142 Å². The van der Waals surface area contributed by atoms with Crippen molar-refractivity contribution in [2.75, 3.05) is 11.9 Å². The van der Waals surface area contributed by atoms with Crippen molar-refractivity contribution in [2.24, 2.45) is 0 Å². The lowest BCUT2D eigenvalue weighted by Gasteiger charge is -2.10. The standard InChI is InChI=1S/C14H9Br2ClFNO2/c15-8-1-3-12(10(16)5-8)19-14(20)7-21-13-4-2-9(18)6-11(13)17/h1-6H,7H2,(H,19,20). The van der Waals surface area contributed by atoms with Crippen LogP contribution in [-0.4, -0.2) is 12.5 Å². The second-order valence-corrected chi connectivity index (χ2v) is 6.21. The Balaban J connectivity index is 1.96. The van der Waals surface area contributed by atoms with Gasteiger partial charge in [0, 0.05) is 8.95 Å². The zero-order chi connectivity index (χ0) is 15.4. The van der Waals surface area contributed by atoms with Gasteiger partial charge in [-0.1, -0.05) is 27.5 Å². The lowest BCUT2D eigenvalue weighted by molar-refractivity contribution is -0.118. The number of anilines is 1. The van der Waals surface area contributed by atoms with Crippen molar-refractivity contribution in [2.45, 2.75) is 0 Å². The third kappa shape index (κ3) is 4.69. The van der Waals surface area contributed by atoms with Gasteiger partial charge < -0.3 is 10.1 Å². The van der Waals surface area contributed by atoms with Crippen LogP contribution in [0, 0.1) is 5.82 Å². The van der Waals surface area contributed by atoms with Crippen LogP contribution in [0.15, 0.2) is 45.3 Å². The van der Waals surface area contributed by atoms with Crippen molar-refractivity contribution in [1.82, 2.24) is 0 Å². The predicted molar refractivity (Wildman–Crippen MR) is 87.4 cm³/mol. The summed E-state index contributed by atoms with van der Waals surface area (Å²) < 4.78 is 19.8. The second kappa shape index (κ2) is 7.24. The molecule has 110 valence electrons. The Kier molecular flexibility index (Phi) is 5.61.